The molecular weight excluding hydrogens is 489 g/mol. The van der Waals surface area contributed by atoms with E-state index in [0.29, 0.717) is 32.0 Å². The molecule has 0 radical (unpaired) electrons. The van der Waals surface area contributed by atoms with Crippen LogP contribution in [0.4, 0.5) is 10.2 Å². The molecule has 2 aromatic heterocycles. The van der Waals surface area contributed by atoms with E-state index in [1.165, 1.54) is 48.3 Å². The van der Waals surface area contributed by atoms with E-state index in [-0.39, 0.29) is 17.6 Å². The van der Waals surface area contributed by atoms with E-state index < -0.39 is 5.54 Å². The van der Waals surface area contributed by atoms with Crippen molar-refractivity contribution in [2.45, 2.75) is 45.2 Å². The van der Waals surface area contributed by atoms with E-state index in [1.54, 1.807) is 18.2 Å². The highest BCUT2D eigenvalue weighted by molar-refractivity contribution is 7.20. The average molecular weight is 520 g/mol. The summed E-state index contributed by atoms with van der Waals surface area (Å²) in [4.78, 5) is 29.4. The zero-order chi connectivity index (χ0) is 26.0. The molecule has 2 amide bonds. The fraction of sp³-hybridized carbons (Fsp3) is 0.321. The molecule has 1 aliphatic rings. The number of amides is 2. The summed E-state index contributed by atoms with van der Waals surface area (Å²) >= 11 is 1.22. The normalized spacial score (nSPS) is 14.6. The van der Waals surface area contributed by atoms with Gasteiger partial charge in [-0.1, -0.05) is 30.7 Å². The zero-order valence-electron chi connectivity index (χ0n) is 20.9. The molecule has 0 bridgehead atoms. The van der Waals surface area contributed by atoms with Gasteiger partial charge in [0.15, 0.2) is 0 Å². The fourth-order valence-corrected chi connectivity index (χ4v) is 5.53. The zero-order valence-corrected chi connectivity index (χ0v) is 21.8. The van der Waals surface area contributed by atoms with E-state index in [1.807, 2.05) is 38.1 Å². The monoisotopic (exact) mass is 519 g/mol. The second kappa shape index (κ2) is 10.4. The molecule has 7 nitrogen and oxygen atoms in total. The second-order valence-electron chi connectivity index (χ2n) is 10.0. The lowest BCUT2D eigenvalue weighted by atomic mass is 9.94. The number of likely N-dealkylation sites (tertiary alicyclic amines) is 1. The molecule has 0 spiro atoms. The maximum Gasteiger partial charge on any atom is 0.262 e. The Hall–Kier alpha value is -3.56. The Morgan fingerprint density at radius 3 is 2.54 bits per heavy atom. The number of thiophene rings is 1. The van der Waals surface area contributed by atoms with Crippen molar-refractivity contribution < 1.29 is 14.0 Å². The second-order valence-corrected chi connectivity index (χ2v) is 11.0. The minimum absolute atomic E-state index is 0.250. The summed E-state index contributed by atoms with van der Waals surface area (Å²) < 4.78 is 13.7. The van der Waals surface area contributed by atoms with Crippen LogP contribution in [0.3, 0.4) is 0 Å². The molecule has 9 heteroatoms. The van der Waals surface area contributed by atoms with E-state index >= 15 is 0 Å². The molecule has 2 aromatic carbocycles. The first-order chi connectivity index (χ1) is 17.8. The lowest BCUT2D eigenvalue weighted by Gasteiger charge is -2.26. The number of aromatic amines is 1. The molecule has 1 aliphatic heterocycles. The number of carbonyl (C=O) groups is 2. The Morgan fingerprint density at radius 1 is 1.05 bits per heavy atom. The minimum Gasteiger partial charge on any atom is -0.342 e. The van der Waals surface area contributed by atoms with Gasteiger partial charge >= 0.3 is 0 Å². The fourth-order valence-electron chi connectivity index (χ4n) is 4.64. The number of carbonyl (C=O) groups excluding carboxylic acids is 2. The third kappa shape index (κ3) is 5.73. The van der Waals surface area contributed by atoms with Crippen molar-refractivity contribution in [3.05, 3.63) is 82.0 Å². The number of anilines is 1. The molecule has 5 rings (SSSR count). The molecule has 4 aromatic rings. The van der Waals surface area contributed by atoms with Crippen molar-refractivity contribution in [3.63, 3.8) is 0 Å². The first-order valence-electron chi connectivity index (χ1n) is 12.5. The van der Waals surface area contributed by atoms with E-state index in [9.17, 15) is 14.0 Å². The summed E-state index contributed by atoms with van der Waals surface area (Å²) in [6.45, 7) is 6.80. The third-order valence-corrected chi connectivity index (χ3v) is 7.78. The van der Waals surface area contributed by atoms with Crippen LogP contribution in [-0.4, -0.2) is 40.0 Å². The van der Waals surface area contributed by atoms with Gasteiger partial charge in [-0.25, -0.2) is 4.39 Å². The van der Waals surface area contributed by atoms with Gasteiger partial charge in [-0.05, 0) is 81.2 Å². The molecule has 192 valence electrons. The number of nitrogens with one attached hydrogen (secondary N) is 3. The van der Waals surface area contributed by atoms with E-state index in [4.69, 9.17) is 0 Å². The Kier molecular flexibility index (Phi) is 7.08. The summed E-state index contributed by atoms with van der Waals surface area (Å²) in [5, 5.41) is 13.6. The first kappa shape index (κ1) is 25.1. The van der Waals surface area contributed by atoms with Crippen LogP contribution in [0.15, 0.2) is 54.6 Å². The molecule has 3 N–H and O–H groups in total. The van der Waals surface area contributed by atoms with Crippen LogP contribution >= 0.6 is 11.3 Å². The summed E-state index contributed by atoms with van der Waals surface area (Å²) in [5.74, 6) is -0.457. The molecule has 37 heavy (non-hydrogen) atoms. The predicted molar refractivity (Wildman–Crippen MR) is 144 cm³/mol. The number of piperidine rings is 1. The molecule has 1 saturated heterocycles. The van der Waals surface area contributed by atoms with Gasteiger partial charge in [0.2, 0.25) is 0 Å². The standard InChI is InChI=1S/C28H30FN5O2S/c1-28(2,20-7-6-8-21(29)15-20)31-26(36)23-16-22-24(32-33-27(22)37-23)30-25(35)19-11-9-18(10-12-19)17-34-13-4-3-5-14-34/h6-12,15-16H,3-5,13-14,17H2,1-2H3,(H,31,36)(H2,30,32,33,35). The maximum atomic E-state index is 13.7. The van der Waals surface area contributed by atoms with Crippen molar-refractivity contribution in [1.29, 1.82) is 0 Å². The number of halogens is 1. The highest BCUT2D eigenvalue weighted by atomic mass is 32.1. The van der Waals surface area contributed by atoms with E-state index in [2.05, 4.69) is 25.7 Å². The number of fused-ring (bicyclic) bond motifs is 1. The number of H-pyrrole nitrogens is 1. The lowest BCUT2D eigenvalue weighted by molar-refractivity contribution is 0.0915. The summed E-state index contributed by atoms with van der Waals surface area (Å²) in [6, 6.07) is 15.6. The van der Waals surface area contributed by atoms with Crippen molar-refractivity contribution in [2.24, 2.45) is 0 Å². The van der Waals surface area contributed by atoms with Gasteiger partial charge in [-0.3, -0.25) is 19.6 Å². The Morgan fingerprint density at radius 2 is 1.81 bits per heavy atom. The smallest absolute Gasteiger partial charge is 0.262 e. The molecule has 3 heterocycles. The van der Waals surface area contributed by atoms with E-state index in [0.717, 1.165) is 19.6 Å². The highest BCUT2D eigenvalue weighted by Crippen LogP contribution is 2.30. The molecule has 0 aliphatic carbocycles. The van der Waals surface area contributed by atoms with Crippen LogP contribution in [0, 0.1) is 5.82 Å². The van der Waals surface area contributed by atoms with Gasteiger partial charge < -0.3 is 10.6 Å². The van der Waals surface area contributed by atoms with Gasteiger partial charge in [0.25, 0.3) is 11.8 Å². The van der Waals surface area contributed by atoms with Crippen LogP contribution in [0.5, 0.6) is 0 Å². The Labute approximate surface area is 219 Å². The maximum absolute atomic E-state index is 13.7. The number of hydrogen-bond acceptors (Lipinski definition) is 5. The number of benzene rings is 2. The number of hydrogen-bond donors (Lipinski definition) is 3. The van der Waals surface area contributed by atoms with Gasteiger partial charge in [0, 0.05) is 12.1 Å². The van der Waals surface area contributed by atoms with Crippen molar-refractivity contribution in [2.75, 3.05) is 18.4 Å². The largest absolute Gasteiger partial charge is 0.342 e. The number of aromatic nitrogens is 2. The molecule has 0 atom stereocenters. The van der Waals surface area contributed by atoms with Crippen molar-refractivity contribution in [3.8, 4) is 0 Å². The van der Waals surface area contributed by atoms with Crippen molar-refractivity contribution in [1.82, 2.24) is 20.4 Å². The van der Waals surface area contributed by atoms with Crippen LogP contribution in [0.25, 0.3) is 10.2 Å². The summed E-state index contributed by atoms with van der Waals surface area (Å²) in [6.07, 6.45) is 3.80. The van der Waals surface area contributed by atoms with Crippen LogP contribution in [0.1, 0.15) is 64.3 Å². The summed E-state index contributed by atoms with van der Waals surface area (Å²) in [7, 11) is 0. The van der Waals surface area contributed by atoms with Crippen molar-refractivity contribution >= 4 is 39.2 Å². The highest BCUT2D eigenvalue weighted by Gasteiger charge is 2.26. The predicted octanol–water partition coefficient (Wildman–Crippen LogP) is 5.67. The molecule has 0 saturated carbocycles. The Balaban J connectivity index is 1.25. The number of nitrogens with zero attached hydrogens (tertiary/aromatic N) is 2. The molecule has 1 fully saturated rings. The van der Waals surface area contributed by atoms with Gasteiger partial charge in [0.1, 0.15) is 16.5 Å². The Bertz CT molecular complexity index is 1420. The van der Waals surface area contributed by atoms with Gasteiger partial charge in [0.05, 0.1) is 15.8 Å². The average Bonchev–Trinajstić information content (AvgIpc) is 3.47. The first-order valence-corrected chi connectivity index (χ1v) is 13.3. The van der Waals surface area contributed by atoms with Crippen LogP contribution in [0.2, 0.25) is 0 Å². The van der Waals surface area contributed by atoms with Crippen LogP contribution in [-0.2, 0) is 12.1 Å². The number of rotatable bonds is 7. The lowest BCUT2D eigenvalue weighted by Crippen LogP contribution is -2.40. The quantitative estimate of drug-likeness (QED) is 0.294. The van der Waals surface area contributed by atoms with Gasteiger partial charge in [-0.15, -0.1) is 11.3 Å². The molecular formula is C28H30FN5O2S. The topological polar surface area (TPSA) is 90.1 Å². The minimum atomic E-state index is -0.774. The molecule has 0 unspecified atom stereocenters. The van der Waals surface area contributed by atoms with Crippen LogP contribution < -0.4 is 10.6 Å². The third-order valence-electron chi connectivity index (χ3n) is 6.76. The summed E-state index contributed by atoms with van der Waals surface area (Å²) in [5.41, 5.74) is 1.63. The van der Waals surface area contributed by atoms with Gasteiger partial charge in [-0.2, -0.15) is 5.10 Å². The SMILES string of the molecule is CC(C)(NC(=O)c1cc2c(NC(=O)c3ccc(CN4CCCCC4)cc3)[nH]nc2s1)c1cccc(F)c1.